The van der Waals surface area contributed by atoms with Crippen LogP contribution in [0.3, 0.4) is 0 Å². The lowest BCUT2D eigenvalue weighted by molar-refractivity contribution is 0.588. The molecule has 0 radical (unpaired) electrons. The zero-order valence-corrected chi connectivity index (χ0v) is 76.7. The molecule has 125 heavy (non-hydrogen) atoms. The Morgan fingerprint density at radius 2 is 0.648 bits per heavy atom. The minimum atomic E-state index is -3.60. The van der Waals surface area contributed by atoms with Crippen molar-refractivity contribution in [3.63, 3.8) is 0 Å². The van der Waals surface area contributed by atoms with Gasteiger partial charge in [0.2, 0.25) is 11.9 Å². The van der Waals surface area contributed by atoms with Crippen LogP contribution in [0.5, 0.6) is 0 Å². The summed E-state index contributed by atoms with van der Waals surface area (Å²) in [5.41, 5.74) is 21.5. The van der Waals surface area contributed by atoms with E-state index >= 15 is 0 Å². The van der Waals surface area contributed by atoms with Gasteiger partial charge in [0.25, 0.3) is 0 Å². The van der Waals surface area contributed by atoms with E-state index in [1.165, 1.54) is 45.9 Å². The summed E-state index contributed by atoms with van der Waals surface area (Å²) >= 11 is 4.70. The number of sulfone groups is 1. The number of nitrogens with zero attached hydrogens (tertiary/aromatic N) is 10. The van der Waals surface area contributed by atoms with Gasteiger partial charge in [-0.2, -0.15) is 34.3 Å². The molecular formula is C97H89F8I2N15O2S. The minimum Gasteiger partial charge on any atom is -0.313 e. The van der Waals surface area contributed by atoms with Crippen LogP contribution in [0.2, 0.25) is 0 Å². The molecular weight excluding hydrogens is 1850 g/mol. The molecule has 0 bridgehead atoms. The SMILES string of the molecule is Cc1cc(-n2c(C(C)C)c(I)c3cc4n[nH]c(F)c4cc32)ccc1F.Cc1cc(-n2c(C(C)C)c(S(C)(=O)=O)c3cc4n[nH]c(F)c4cc32)ccc1F.Cc1cc(-n2c(C(C)C)cc3c(C)c4[nH]ncc4cc32)ccc1F.Cc1cc(-n2c(C(C)C)cc3c(F)c4[nH]ncc4cc32)ccc1F.Cc1cc(-n2c(C(C)C)cc3c(I)c4[nH]ncc4cc32)ccc1F. The molecule has 0 fully saturated rings. The number of benzene rings is 10. The van der Waals surface area contributed by atoms with Gasteiger partial charge in [-0.1, -0.05) is 69.2 Å². The van der Waals surface area contributed by atoms with Gasteiger partial charge in [0.05, 0.1) is 83.9 Å². The fraction of sp³-hybridized carbons (Fsp3) is 0.227. The Morgan fingerprint density at radius 3 is 1.05 bits per heavy atom. The van der Waals surface area contributed by atoms with E-state index in [-0.39, 0.29) is 62.9 Å². The molecule has 0 aliphatic carbocycles. The lowest BCUT2D eigenvalue weighted by Gasteiger charge is -2.15. The van der Waals surface area contributed by atoms with Gasteiger partial charge in [-0.05, 0) is 301 Å². The van der Waals surface area contributed by atoms with Crippen molar-refractivity contribution in [2.45, 2.75) is 145 Å². The average Bonchev–Trinajstić information content (AvgIpc) is 1.58. The molecule has 0 saturated heterocycles. The molecule has 0 spiro atoms. The Balaban J connectivity index is 0.000000115. The molecule has 0 unspecified atom stereocenters. The van der Waals surface area contributed by atoms with Crippen molar-refractivity contribution in [3.8, 4) is 28.4 Å². The van der Waals surface area contributed by atoms with E-state index < -0.39 is 21.7 Å². The molecule has 10 aromatic carbocycles. The molecule has 0 aliphatic heterocycles. The summed E-state index contributed by atoms with van der Waals surface area (Å²) in [6.45, 7) is 31.7. The Kier molecular flexibility index (Phi) is 23.2. The van der Waals surface area contributed by atoms with Crippen molar-refractivity contribution in [1.29, 1.82) is 0 Å². The first-order valence-electron chi connectivity index (χ1n) is 40.8. The summed E-state index contributed by atoms with van der Waals surface area (Å²) in [6, 6.07) is 44.7. The van der Waals surface area contributed by atoms with Gasteiger partial charge in [0, 0.05) is 113 Å². The van der Waals surface area contributed by atoms with E-state index in [2.05, 4.69) is 196 Å². The predicted molar refractivity (Wildman–Crippen MR) is 502 cm³/mol. The predicted octanol–water partition coefficient (Wildman–Crippen LogP) is 26.7. The van der Waals surface area contributed by atoms with Crippen LogP contribution in [0.15, 0.2) is 175 Å². The summed E-state index contributed by atoms with van der Waals surface area (Å²) in [7, 11) is -3.60. The van der Waals surface area contributed by atoms with E-state index in [0.29, 0.717) is 94.6 Å². The van der Waals surface area contributed by atoms with Crippen LogP contribution in [-0.2, 0) is 9.84 Å². The van der Waals surface area contributed by atoms with Crippen molar-refractivity contribution in [1.82, 2.24) is 73.8 Å². The summed E-state index contributed by atoms with van der Waals surface area (Å²) in [4.78, 5) is 0.185. The van der Waals surface area contributed by atoms with E-state index in [0.717, 1.165) is 96.8 Å². The number of aromatic amines is 5. The fourth-order valence-corrected chi connectivity index (χ4v) is 20.3. The molecule has 0 amide bonds. The molecule has 0 aliphatic rings. The van der Waals surface area contributed by atoms with E-state index in [1.807, 2.05) is 85.4 Å². The highest BCUT2D eigenvalue weighted by molar-refractivity contribution is 14.1. The number of aryl methyl sites for hydroxylation is 6. The van der Waals surface area contributed by atoms with Gasteiger partial charge in [-0.15, -0.1) is 0 Å². The molecule has 28 heteroatoms. The highest BCUT2D eigenvalue weighted by Gasteiger charge is 2.30. The number of fused-ring (bicyclic) bond motifs is 10. The normalized spacial score (nSPS) is 12.1. The number of hydrogen-bond donors (Lipinski definition) is 5. The maximum Gasteiger partial charge on any atom is 0.216 e. The zero-order valence-electron chi connectivity index (χ0n) is 71.5. The minimum absolute atomic E-state index is 0.152. The molecule has 5 N–H and O–H groups in total. The summed E-state index contributed by atoms with van der Waals surface area (Å²) in [6.07, 6.45) is 6.46. The summed E-state index contributed by atoms with van der Waals surface area (Å²) in [5, 5.41) is 41.8. The lowest BCUT2D eigenvalue weighted by Crippen LogP contribution is -2.07. The smallest absolute Gasteiger partial charge is 0.216 e. The largest absolute Gasteiger partial charge is 0.313 e. The van der Waals surface area contributed by atoms with Crippen molar-refractivity contribution in [2.75, 3.05) is 6.26 Å². The average molecular weight is 1930 g/mol. The van der Waals surface area contributed by atoms with Crippen LogP contribution >= 0.6 is 45.2 Å². The third-order valence-corrected chi connectivity index (χ3v) is 26.6. The number of rotatable bonds is 11. The maximum absolute atomic E-state index is 14.9. The van der Waals surface area contributed by atoms with Crippen molar-refractivity contribution in [2.24, 2.45) is 0 Å². The number of H-pyrrole nitrogens is 5. The fourth-order valence-electron chi connectivity index (χ4n) is 16.9. The van der Waals surface area contributed by atoms with Gasteiger partial charge in [0.1, 0.15) is 34.6 Å². The van der Waals surface area contributed by atoms with Gasteiger partial charge in [-0.25, -0.2) is 34.8 Å². The monoisotopic (exact) mass is 1930 g/mol. The second-order valence-corrected chi connectivity index (χ2v) is 37.7. The Bertz CT molecular complexity index is 7400. The van der Waals surface area contributed by atoms with E-state index in [9.17, 15) is 43.5 Å². The summed E-state index contributed by atoms with van der Waals surface area (Å²) in [5.74, 6) is -1.50. The first kappa shape index (κ1) is 86.6. The summed E-state index contributed by atoms with van der Waals surface area (Å²) < 4.78 is 150. The van der Waals surface area contributed by atoms with Gasteiger partial charge in [-0.3, -0.25) is 25.5 Å². The number of halogens is 10. The van der Waals surface area contributed by atoms with Crippen LogP contribution in [0.4, 0.5) is 35.1 Å². The third-order valence-electron chi connectivity index (χ3n) is 23.2. The van der Waals surface area contributed by atoms with E-state index in [4.69, 9.17) is 0 Å². The molecule has 17 nitrogen and oxygen atoms in total. The van der Waals surface area contributed by atoms with Crippen LogP contribution in [0.1, 0.15) is 161 Å². The van der Waals surface area contributed by atoms with E-state index in [1.54, 1.807) is 100.0 Å². The third kappa shape index (κ3) is 15.6. The number of nitrogens with one attached hydrogen (secondary N) is 5. The van der Waals surface area contributed by atoms with Crippen molar-refractivity contribution >= 4 is 164 Å². The highest BCUT2D eigenvalue weighted by Crippen LogP contribution is 2.44. The topological polar surface area (TPSA) is 202 Å². The van der Waals surface area contributed by atoms with Crippen molar-refractivity contribution in [3.05, 3.63) is 286 Å². The number of aromatic nitrogens is 15. The Labute approximate surface area is 741 Å². The second-order valence-electron chi connectivity index (χ2n) is 33.5. The quantitative estimate of drug-likeness (QED) is 0.0626. The Morgan fingerprint density at radius 1 is 0.328 bits per heavy atom. The van der Waals surface area contributed by atoms with Crippen LogP contribution in [0.25, 0.3) is 137 Å². The van der Waals surface area contributed by atoms with Crippen LogP contribution in [-0.4, -0.2) is 88.5 Å². The van der Waals surface area contributed by atoms with Gasteiger partial charge >= 0.3 is 0 Å². The molecule has 20 aromatic rings. The molecule has 640 valence electrons. The standard InChI is InChI=1S/C20H19F2N3O2S.C20H20FN3.C19H16F2IN3.C19H17F2N3.C19H17FIN3/c1-10(2)18-19(28(4,26)27)14-8-16-13(20(22)24-23-16)9-17(14)25(18)12-5-6-15(21)11(3)7-12;1-11(2)18-9-16-13(4)20-14(10-22-23-20)8-19(16)24(18)15-5-6-17(21)12(3)7-15;1-9(2)18-17(22)13-7-15-12(19(21)24-23-15)8-16(13)25(18)11-4-5-14(20)10(3)6-11;2*1-10(2)16-8-14-17(7-12-9-22-23-19(12)18(14)21)24(16)13-4-5-15(20)11(3)6-13/h5-10H,1-4H3,(H,23,24);5-11H,1-4H3,(H,22,23);4-9H,1-3H3,(H,23,24);2*4-10H,1-3H3,(H,22,23). The molecule has 10 aromatic heterocycles. The Hall–Kier alpha value is -11.9. The first-order chi connectivity index (χ1) is 59.4. The highest BCUT2D eigenvalue weighted by atomic mass is 127. The van der Waals surface area contributed by atoms with Crippen LogP contribution in [0, 0.1) is 95.5 Å². The first-order valence-corrected chi connectivity index (χ1v) is 44.9. The molecule has 0 saturated carbocycles. The van der Waals surface area contributed by atoms with Crippen molar-refractivity contribution < 1.29 is 43.5 Å². The maximum atomic E-state index is 14.9. The van der Waals surface area contributed by atoms with Gasteiger partial charge < -0.3 is 22.8 Å². The lowest BCUT2D eigenvalue weighted by atomic mass is 10.1. The zero-order chi connectivity index (χ0) is 89.3. The molecule has 10 heterocycles. The molecule has 20 rings (SSSR count). The molecule has 0 atom stereocenters. The number of hydrogen-bond acceptors (Lipinski definition) is 7. The van der Waals surface area contributed by atoms with Gasteiger partial charge in [0.15, 0.2) is 15.7 Å². The van der Waals surface area contributed by atoms with Crippen LogP contribution < -0.4 is 0 Å². The second kappa shape index (κ2) is 33.5.